The summed E-state index contributed by atoms with van der Waals surface area (Å²) in [4.78, 5) is 27.8. The fraction of sp³-hybridized carbons (Fsp3) is 0.867. The van der Waals surface area contributed by atoms with Gasteiger partial charge in [0.15, 0.2) is 0 Å². The number of amides is 1. The van der Waals surface area contributed by atoms with Crippen molar-refractivity contribution in [1.29, 1.82) is 0 Å². The maximum Gasteiger partial charge on any atom is 0.311 e. The van der Waals surface area contributed by atoms with Crippen molar-refractivity contribution < 1.29 is 19.4 Å². The molecule has 0 aliphatic carbocycles. The summed E-state index contributed by atoms with van der Waals surface area (Å²) in [5, 5.41) is 9.26. The first-order chi connectivity index (χ1) is 10.1. The molecule has 0 aromatic carbocycles. The zero-order valence-electron chi connectivity index (χ0n) is 12.8. The second-order valence-electron chi connectivity index (χ2n) is 5.94. The van der Waals surface area contributed by atoms with E-state index in [1.807, 2.05) is 6.92 Å². The summed E-state index contributed by atoms with van der Waals surface area (Å²) in [6, 6.07) is -0.312. The van der Waals surface area contributed by atoms with Gasteiger partial charge in [-0.15, -0.1) is 0 Å². The number of ether oxygens (including phenoxy) is 1. The van der Waals surface area contributed by atoms with Crippen LogP contribution in [0.3, 0.4) is 0 Å². The number of nitrogens with zero attached hydrogens (tertiary/aromatic N) is 2. The molecule has 21 heavy (non-hydrogen) atoms. The monoisotopic (exact) mass is 298 g/mol. The van der Waals surface area contributed by atoms with Gasteiger partial charge in [-0.3, -0.25) is 9.59 Å². The Kier molecular flexibility index (Phi) is 5.99. The molecule has 2 atom stereocenters. The molecule has 6 heteroatoms. The van der Waals surface area contributed by atoms with Gasteiger partial charge in [0.25, 0.3) is 0 Å². The van der Waals surface area contributed by atoms with Crippen LogP contribution in [0.4, 0.5) is 0 Å². The molecule has 6 nitrogen and oxygen atoms in total. The van der Waals surface area contributed by atoms with E-state index in [0.717, 1.165) is 26.1 Å². The van der Waals surface area contributed by atoms with Crippen LogP contribution >= 0.6 is 0 Å². The lowest BCUT2D eigenvalue weighted by molar-refractivity contribution is -0.145. The first-order valence-corrected chi connectivity index (χ1v) is 7.96. The molecule has 0 saturated carbocycles. The number of carboxylic acid groups (broad SMARTS) is 1. The minimum Gasteiger partial charge on any atom is -0.481 e. The lowest BCUT2D eigenvalue weighted by Crippen LogP contribution is -2.47. The largest absolute Gasteiger partial charge is 0.481 e. The molecule has 2 aliphatic rings. The van der Waals surface area contributed by atoms with E-state index in [9.17, 15) is 14.7 Å². The topological polar surface area (TPSA) is 70.1 Å². The smallest absolute Gasteiger partial charge is 0.311 e. The molecule has 2 unspecified atom stereocenters. The van der Waals surface area contributed by atoms with Gasteiger partial charge in [0.1, 0.15) is 5.92 Å². The van der Waals surface area contributed by atoms with Crippen molar-refractivity contribution in [1.82, 2.24) is 9.80 Å². The number of carbonyl (C=O) groups excluding carboxylic acids is 1. The van der Waals surface area contributed by atoms with Gasteiger partial charge in [0.05, 0.1) is 19.3 Å². The minimum atomic E-state index is -0.869. The molecule has 0 bridgehead atoms. The van der Waals surface area contributed by atoms with Gasteiger partial charge in [0, 0.05) is 19.5 Å². The Morgan fingerprint density at radius 3 is 2.62 bits per heavy atom. The number of rotatable bonds is 7. The second kappa shape index (κ2) is 7.75. The summed E-state index contributed by atoms with van der Waals surface area (Å²) in [6.45, 7) is 6.09. The number of likely N-dealkylation sites (tertiary alicyclic amines) is 1. The van der Waals surface area contributed by atoms with Crippen LogP contribution in [0.15, 0.2) is 0 Å². The molecule has 2 rings (SSSR count). The van der Waals surface area contributed by atoms with E-state index in [2.05, 4.69) is 4.90 Å². The van der Waals surface area contributed by atoms with E-state index in [4.69, 9.17) is 4.74 Å². The maximum absolute atomic E-state index is 12.5. The molecule has 2 heterocycles. The molecule has 120 valence electrons. The average Bonchev–Trinajstić information content (AvgIpc) is 3.12. The van der Waals surface area contributed by atoms with Crippen molar-refractivity contribution in [3.05, 3.63) is 0 Å². The number of hydrogen-bond donors (Lipinski definition) is 1. The molecule has 0 aromatic heterocycles. The van der Waals surface area contributed by atoms with E-state index < -0.39 is 11.9 Å². The molecular formula is C15H26N2O4. The van der Waals surface area contributed by atoms with Crippen molar-refractivity contribution in [2.45, 2.75) is 38.6 Å². The average molecular weight is 298 g/mol. The third-order valence-corrected chi connectivity index (χ3v) is 4.39. The van der Waals surface area contributed by atoms with E-state index in [1.165, 1.54) is 12.8 Å². The third-order valence-electron chi connectivity index (χ3n) is 4.39. The fourth-order valence-corrected chi connectivity index (χ4v) is 3.21. The van der Waals surface area contributed by atoms with Crippen molar-refractivity contribution >= 4 is 11.9 Å². The van der Waals surface area contributed by atoms with E-state index in [0.29, 0.717) is 19.6 Å². The van der Waals surface area contributed by atoms with Gasteiger partial charge in [-0.1, -0.05) is 6.92 Å². The van der Waals surface area contributed by atoms with Gasteiger partial charge in [-0.05, 0) is 32.4 Å². The molecule has 1 N–H and O–H groups in total. The number of aliphatic carboxylic acids is 1. The van der Waals surface area contributed by atoms with Crippen LogP contribution in [0.2, 0.25) is 0 Å². The Hall–Kier alpha value is -1.14. The lowest BCUT2D eigenvalue weighted by atomic mass is 10.0. The fourth-order valence-electron chi connectivity index (χ4n) is 3.21. The highest BCUT2D eigenvalue weighted by Gasteiger charge is 2.39. The first kappa shape index (κ1) is 16.2. The first-order valence-electron chi connectivity index (χ1n) is 7.96. The molecule has 1 amide bonds. The Labute approximate surface area is 126 Å². The summed E-state index contributed by atoms with van der Waals surface area (Å²) in [7, 11) is 0. The molecule has 2 saturated heterocycles. The van der Waals surface area contributed by atoms with Crippen LogP contribution in [-0.4, -0.2) is 72.2 Å². The normalized spacial score (nSPS) is 26.1. The van der Waals surface area contributed by atoms with Gasteiger partial charge < -0.3 is 19.6 Å². The SMILES string of the molecule is CCCN(C(=O)CCN1CCCC1)C1COCC1C(=O)O. The highest BCUT2D eigenvalue weighted by Crippen LogP contribution is 2.21. The highest BCUT2D eigenvalue weighted by molar-refractivity contribution is 5.78. The second-order valence-corrected chi connectivity index (χ2v) is 5.94. The van der Waals surface area contributed by atoms with Crippen LogP contribution in [0.1, 0.15) is 32.6 Å². The molecule has 0 radical (unpaired) electrons. The van der Waals surface area contributed by atoms with Gasteiger partial charge >= 0.3 is 5.97 Å². The molecule has 2 fully saturated rings. The van der Waals surface area contributed by atoms with Gasteiger partial charge in [-0.2, -0.15) is 0 Å². The van der Waals surface area contributed by atoms with Crippen molar-refractivity contribution in [3.63, 3.8) is 0 Å². The van der Waals surface area contributed by atoms with Crippen LogP contribution < -0.4 is 0 Å². The summed E-state index contributed by atoms with van der Waals surface area (Å²) >= 11 is 0. The molecule has 0 spiro atoms. The van der Waals surface area contributed by atoms with Crippen LogP contribution in [0.5, 0.6) is 0 Å². The summed E-state index contributed by atoms with van der Waals surface area (Å²) in [6.07, 6.45) is 3.73. The number of carbonyl (C=O) groups is 2. The minimum absolute atomic E-state index is 0.0606. The van der Waals surface area contributed by atoms with Crippen molar-refractivity contribution in [2.24, 2.45) is 5.92 Å². The Morgan fingerprint density at radius 1 is 1.29 bits per heavy atom. The van der Waals surface area contributed by atoms with Crippen LogP contribution in [-0.2, 0) is 14.3 Å². The van der Waals surface area contributed by atoms with Crippen LogP contribution in [0, 0.1) is 5.92 Å². The number of carboxylic acids is 1. The van der Waals surface area contributed by atoms with Crippen LogP contribution in [0.25, 0.3) is 0 Å². The third kappa shape index (κ3) is 4.17. The molecule has 0 aromatic rings. The Balaban J connectivity index is 1.93. The van der Waals surface area contributed by atoms with Crippen molar-refractivity contribution in [2.75, 3.05) is 39.4 Å². The lowest BCUT2D eigenvalue weighted by Gasteiger charge is -2.31. The summed E-state index contributed by atoms with van der Waals surface area (Å²) in [5.41, 5.74) is 0. The van der Waals surface area contributed by atoms with Crippen molar-refractivity contribution in [3.8, 4) is 0 Å². The summed E-state index contributed by atoms with van der Waals surface area (Å²) < 4.78 is 5.30. The number of hydrogen-bond acceptors (Lipinski definition) is 4. The molecular weight excluding hydrogens is 272 g/mol. The predicted molar refractivity (Wildman–Crippen MR) is 78.0 cm³/mol. The standard InChI is InChI=1S/C15H26N2O4/c1-2-6-17(13-11-21-10-12(13)15(19)20)14(18)5-9-16-7-3-4-8-16/h12-13H,2-11H2,1H3,(H,19,20). The Bertz CT molecular complexity index is 369. The predicted octanol–water partition coefficient (Wildman–Crippen LogP) is 0.810. The maximum atomic E-state index is 12.5. The van der Waals surface area contributed by atoms with Gasteiger partial charge in [-0.25, -0.2) is 0 Å². The molecule has 2 aliphatic heterocycles. The zero-order chi connectivity index (χ0) is 15.2. The van der Waals surface area contributed by atoms with E-state index >= 15 is 0 Å². The quantitative estimate of drug-likeness (QED) is 0.753. The highest BCUT2D eigenvalue weighted by atomic mass is 16.5. The summed E-state index contributed by atoms with van der Waals surface area (Å²) in [5.74, 6) is -1.40. The zero-order valence-corrected chi connectivity index (χ0v) is 12.8. The van der Waals surface area contributed by atoms with Gasteiger partial charge in [0.2, 0.25) is 5.91 Å². The van der Waals surface area contributed by atoms with E-state index in [-0.39, 0.29) is 18.6 Å². The van der Waals surface area contributed by atoms with E-state index in [1.54, 1.807) is 4.90 Å². The Morgan fingerprint density at radius 2 is 2.00 bits per heavy atom.